The molecule has 0 fully saturated rings. The summed E-state index contributed by atoms with van der Waals surface area (Å²) in [6, 6.07) is 17.5. The maximum atomic E-state index is 12.4. The number of ether oxygens (including phenoxy) is 1. The molecule has 0 aliphatic carbocycles. The Balaban J connectivity index is 0.00000264. The van der Waals surface area contributed by atoms with E-state index in [1.165, 1.54) is 5.46 Å². The largest absolute Gasteiger partial charge is 0.476 e. The van der Waals surface area contributed by atoms with E-state index in [9.17, 15) is 4.79 Å². The van der Waals surface area contributed by atoms with Gasteiger partial charge in [-0.2, -0.15) is 0 Å². The molecule has 4 heteroatoms. The maximum Gasteiger partial charge on any atom is 0.267 e. The third kappa shape index (κ3) is 4.88. The van der Waals surface area contributed by atoms with Gasteiger partial charge in [-0.15, -0.1) is 0 Å². The highest BCUT2D eigenvalue weighted by molar-refractivity contribution is 6.70. The van der Waals surface area contributed by atoms with Crippen LogP contribution in [0.3, 0.4) is 0 Å². The molecular formula is C19H26BNO2. The van der Waals surface area contributed by atoms with E-state index in [0.717, 1.165) is 5.56 Å². The van der Waals surface area contributed by atoms with Crippen LogP contribution in [0.5, 0.6) is 5.75 Å². The van der Waals surface area contributed by atoms with Crippen LogP contribution < -0.4 is 10.2 Å². The van der Waals surface area contributed by atoms with Crippen molar-refractivity contribution in [2.24, 2.45) is 0 Å². The van der Waals surface area contributed by atoms with E-state index in [4.69, 9.17) is 4.74 Å². The first kappa shape index (κ1) is 18.8. The first-order valence-corrected chi connectivity index (χ1v) is 7.51. The van der Waals surface area contributed by atoms with E-state index in [0.29, 0.717) is 12.5 Å². The van der Waals surface area contributed by atoms with Crippen LogP contribution in [0.25, 0.3) is 0 Å². The van der Waals surface area contributed by atoms with Gasteiger partial charge in [0.1, 0.15) is 5.75 Å². The van der Waals surface area contributed by atoms with Crippen LogP contribution in [0.4, 0.5) is 0 Å². The van der Waals surface area contributed by atoms with Crippen molar-refractivity contribution in [2.75, 3.05) is 14.1 Å². The summed E-state index contributed by atoms with van der Waals surface area (Å²) in [4.78, 5) is 14.0. The van der Waals surface area contributed by atoms with Crippen molar-refractivity contribution in [1.82, 2.24) is 4.90 Å². The molecule has 0 spiro atoms. The molecule has 1 amide bonds. The summed E-state index contributed by atoms with van der Waals surface area (Å²) >= 11 is 0. The number of rotatable bonds is 5. The minimum atomic E-state index is -0.624. The molecule has 0 saturated carbocycles. The van der Waals surface area contributed by atoms with Gasteiger partial charge in [-0.3, -0.25) is 4.79 Å². The summed E-state index contributed by atoms with van der Waals surface area (Å²) in [5.41, 5.74) is 2.11. The highest BCUT2D eigenvalue weighted by atomic mass is 16.5. The van der Waals surface area contributed by atoms with Crippen molar-refractivity contribution in [3.05, 3.63) is 60.2 Å². The zero-order valence-corrected chi connectivity index (χ0v) is 13.6. The number of likely N-dealkylation sites (N-methyl/N-ethyl adjacent to an activating group) is 1. The summed E-state index contributed by atoms with van der Waals surface area (Å²) in [5, 5.41) is 0. The van der Waals surface area contributed by atoms with E-state index in [1.807, 2.05) is 54.6 Å². The molecule has 23 heavy (non-hydrogen) atoms. The van der Waals surface area contributed by atoms with Gasteiger partial charge in [0, 0.05) is 19.7 Å². The Bertz CT molecular complexity index is 609. The van der Waals surface area contributed by atoms with Crippen LogP contribution in [0.2, 0.25) is 13.6 Å². The second-order valence-corrected chi connectivity index (χ2v) is 5.86. The fourth-order valence-corrected chi connectivity index (χ4v) is 2.19. The van der Waals surface area contributed by atoms with Gasteiger partial charge in [0.05, 0.1) is 0 Å². The maximum absolute atomic E-state index is 12.4. The fraction of sp³-hybridized carbons (Fsp3) is 0.316. The molecule has 0 N–H and O–H groups in total. The second-order valence-electron chi connectivity index (χ2n) is 5.86. The Morgan fingerprint density at radius 2 is 1.57 bits per heavy atom. The lowest BCUT2D eigenvalue weighted by Crippen LogP contribution is -2.31. The Morgan fingerprint density at radius 3 is 2.04 bits per heavy atom. The van der Waals surface area contributed by atoms with E-state index in [1.54, 1.807) is 19.0 Å². The number of hydrogen-bond acceptors (Lipinski definition) is 2. The van der Waals surface area contributed by atoms with Gasteiger partial charge in [-0.05, 0) is 12.1 Å². The lowest BCUT2D eigenvalue weighted by molar-refractivity contribution is -0.136. The molecule has 122 valence electrons. The molecule has 0 bridgehead atoms. The highest BCUT2D eigenvalue weighted by Crippen LogP contribution is 2.23. The Hall–Kier alpha value is -2.23. The molecule has 0 radical (unpaired) electrons. The number of nitrogens with zero attached hydrogens (tertiary/aromatic N) is 1. The molecule has 0 heterocycles. The average molecular weight is 311 g/mol. The topological polar surface area (TPSA) is 29.5 Å². The second kappa shape index (κ2) is 8.42. The fourth-order valence-electron chi connectivity index (χ4n) is 2.19. The molecule has 0 saturated heterocycles. The van der Waals surface area contributed by atoms with Crippen LogP contribution in [-0.4, -0.2) is 31.6 Å². The van der Waals surface area contributed by atoms with Crippen LogP contribution in [0.1, 0.15) is 19.1 Å². The van der Waals surface area contributed by atoms with Crippen molar-refractivity contribution < 1.29 is 9.53 Å². The average Bonchev–Trinajstić information content (AvgIpc) is 2.53. The summed E-state index contributed by atoms with van der Waals surface area (Å²) in [6.07, 6.45) is -0.624. The van der Waals surface area contributed by atoms with Crippen LogP contribution in [0, 0.1) is 0 Å². The number of carbonyl (C=O) groups excluding carboxylic acids is 1. The van der Waals surface area contributed by atoms with Crippen LogP contribution >= 0.6 is 0 Å². The Morgan fingerprint density at radius 1 is 1.00 bits per heavy atom. The van der Waals surface area contributed by atoms with Gasteiger partial charge < -0.3 is 9.64 Å². The lowest BCUT2D eigenvalue weighted by Gasteiger charge is -2.22. The molecular weight excluding hydrogens is 285 g/mol. The lowest BCUT2D eigenvalue weighted by atomic mass is 9.49. The van der Waals surface area contributed by atoms with Crippen molar-refractivity contribution in [3.8, 4) is 5.75 Å². The van der Waals surface area contributed by atoms with Gasteiger partial charge >= 0.3 is 0 Å². The van der Waals surface area contributed by atoms with Crippen molar-refractivity contribution >= 4 is 18.1 Å². The van der Waals surface area contributed by atoms with Gasteiger partial charge in [-0.25, -0.2) is 0 Å². The molecule has 0 aliphatic rings. The number of amides is 1. The quantitative estimate of drug-likeness (QED) is 0.791. The normalized spacial score (nSPS) is 11.1. The first-order chi connectivity index (χ1) is 10.5. The summed E-state index contributed by atoms with van der Waals surface area (Å²) in [5.74, 6) is 0.632. The van der Waals surface area contributed by atoms with Gasteiger partial charge in [0.15, 0.2) is 6.71 Å². The smallest absolute Gasteiger partial charge is 0.267 e. The molecule has 1 unspecified atom stereocenters. The van der Waals surface area contributed by atoms with E-state index >= 15 is 0 Å². The molecule has 1 atom stereocenters. The van der Waals surface area contributed by atoms with Crippen LogP contribution in [-0.2, 0) is 4.79 Å². The first-order valence-electron chi connectivity index (χ1n) is 7.51. The monoisotopic (exact) mass is 311 g/mol. The number of hydrogen-bond donors (Lipinski definition) is 0. The van der Waals surface area contributed by atoms with Crippen LogP contribution in [0.15, 0.2) is 54.6 Å². The molecule has 2 aromatic carbocycles. The summed E-state index contributed by atoms with van der Waals surface area (Å²) in [7, 11) is 3.48. The predicted molar refractivity (Wildman–Crippen MR) is 98.8 cm³/mol. The minimum Gasteiger partial charge on any atom is -0.476 e. The molecule has 0 aromatic heterocycles. The highest BCUT2D eigenvalue weighted by Gasteiger charge is 2.24. The van der Waals surface area contributed by atoms with Gasteiger partial charge in [0.2, 0.25) is 6.10 Å². The molecule has 2 rings (SSSR count). The van der Waals surface area contributed by atoms with Crippen molar-refractivity contribution in [3.63, 3.8) is 0 Å². The molecule has 3 nitrogen and oxygen atoms in total. The van der Waals surface area contributed by atoms with Crippen molar-refractivity contribution in [2.45, 2.75) is 27.2 Å². The number of carbonyl (C=O) groups is 1. The van der Waals surface area contributed by atoms with E-state index in [2.05, 4.69) is 13.6 Å². The SMILES string of the molecule is C.CB(C)c1ccc(OC(C(=O)N(C)C)c2ccccc2)cc1. The minimum absolute atomic E-state index is 0. The standard InChI is InChI=1S/C18H22BNO2.CH4/c1-19(2)15-10-12-16(13-11-15)22-17(18(21)20(3)4)14-8-6-5-7-9-14;/h5-13,17H,1-4H3;1H4. The van der Waals surface area contributed by atoms with E-state index < -0.39 is 6.10 Å². The van der Waals surface area contributed by atoms with Crippen molar-refractivity contribution in [1.29, 1.82) is 0 Å². The third-order valence-corrected chi connectivity index (χ3v) is 3.57. The zero-order chi connectivity index (χ0) is 16.1. The Labute approximate surface area is 140 Å². The number of benzene rings is 2. The predicted octanol–water partition coefficient (Wildman–Crippen LogP) is 3.49. The summed E-state index contributed by atoms with van der Waals surface area (Å²) in [6.45, 7) is 4.78. The van der Waals surface area contributed by atoms with Gasteiger partial charge in [0.25, 0.3) is 5.91 Å². The third-order valence-electron chi connectivity index (χ3n) is 3.57. The summed E-state index contributed by atoms with van der Waals surface area (Å²) < 4.78 is 5.97. The molecule has 2 aromatic rings. The molecule has 0 aliphatic heterocycles. The zero-order valence-electron chi connectivity index (χ0n) is 13.6. The van der Waals surface area contributed by atoms with Gasteiger partial charge in [-0.1, -0.05) is 69.0 Å². The van der Waals surface area contributed by atoms with E-state index in [-0.39, 0.29) is 13.3 Å². The Kier molecular flexibility index (Phi) is 6.89.